The van der Waals surface area contributed by atoms with Crippen molar-refractivity contribution in [3.63, 3.8) is 0 Å². The van der Waals surface area contributed by atoms with Crippen LogP contribution in [0.4, 0.5) is 5.69 Å². The number of benzene rings is 1. The molecule has 1 aliphatic carbocycles. The van der Waals surface area contributed by atoms with Crippen LogP contribution in [-0.2, 0) is 14.3 Å². The van der Waals surface area contributed by atoms with Crippen molar-refractivity contribution in [3.8, 4) is 5.75 Å². The van der Waals surface area contributed by atoms with Gasteiger partial charge in [-0.1, -0.05) is 11.6 Å². The maximum atomic E-state index is 12.6. The molecule has 2 atom stereocenters. The van der Waals surface area contributed by atoms with E-state index in [1.165, 1.54) is 0 Å². The highest BCUT2D eigenvalue weighted by molar-refractivity contribution is 6.32. The van der Waals surface area contributed by atoms with Crippen molar-refractivity contribution in [2.24, 2.45) is 5.92 Å². The Labute approximate surface area is 148 Å². The van der Waals surface area contributed by atoms with Crippen LogP contribution < -0.4 is 10.1 Å². The van der Waals surface area contributed by atoms with Crippen molar-refractivity contribution in [2.75, 3.05) is 25.6 Å². The average molecular weight is 356 g/mol. The molecule has 1 fully saturated rings. The normalized spacial score (nSPS) is 17.9. The lowest BCUT2D eigenvalue weighted by Gasteiger charge is -2.28. The van der Waals surface area contributed by atoms with Crippen LogP contribution >= 0.6 is 11.6 Å². The molecule has 24 heavy (non-hydrogen) atoms. The highest BCUT2D eigenvalue weighted by Gasteiger charge is 2.48. The van der Waals surface area contributed by atoms with Gasteiger partial charge in [-0.25, -0.2) is 0 Å². The first kappa shape index (κ1) is 19.0. The van der Waals surface area contributed by atoms with E-state index in [-0.39, 0.29) is 17.9 Å². The minimum Gasteiger partial charge on any atom is -0.487 e. The molecule has 1 aliphatic rings. The van der Waals surface area contributed by atoms with E-state index in [4.69, 9.17) is 25.8 Å². The van der Waals surface area contributed by atoms with Gasteiger partial charge in [0.05, 0.1) is 11.6 Å². The fraction of sp³-hybridized carbons (Fsp3) is 0.611. The van der Waals surface area contributed by atoms with E-state index in [0.29, 0.717) is 29.7 Å². The SMILES string of the molecule is CCO[C@](C)(C(=O)Nc1ccc(O[C@H](C)COC)c(Cl)c1)C1CC1. The first-order valence-electron chi connectivity index (χ1n) is 8.31. The Hall–Kier alpha value is -1.30. The Balaban J connectivity index is 2.04. The standard InChI is InChI=1S/C18H26ClNO4/c1-5-23-18(3,13-6-7-13)17(21)20-14-8-9-16(15(19)10-14)24-12(2)11-22-4/h8-10,12-13H,5-7,11H2,1-4H3,(H,20,21)/t12-,18+/m1/s1. The monoisotopic (exact) mass is 355 g/mol. The van der Waals surface area contributed by atoms with E-state index in [1.807, 2.05) is 20.8 Å². The summed E-state index contributed by atoms with van der Waals surface area (Å²) in [5.74, 6) is 0.712. The second kappa shape index (κ2) is 8.19. The van der Waals surface area contributed by atoms with Gasteiger partial charge in [0.15, 0.2) is 0 Å². The Kier molecular flexibility index (Phi) is 6.49. The molecule has 1 amide bonds. The highest BCUT2D eigenvalue weighted by Crippen LogP contribution is 2.42. The van der Waals surface area contributed by atoms with E-state index in [0.717, 1.165) is 12.8 Å². The van der Waals surface area contributed by atoms with Crippen molar-refractivity contribution >= 4 is 23.2 Å². The number of carbonyl (C=O) groups excluding carboxylic acids is 1. The highest BCUT2D eigenvalue weighted by atomic mass is 35.5. The van der Waals surface area contributed by atoms with Gasteiger partial charge in [-0.2, -0.15) is 0 Å². The molecule has 5 nitrogen and oxygen atoms in total. The van der Waals surface area contributed by atoms with Crippen molar-refractivity contribution < 1.29 is 19.0 Å². The minimum atomic E-state index is -0.788. The molecule has 6 heteroatoms. The van der Waals surface area contributed by atoms with Crippen LogP contribution in [0.15, 0.2) is 18.2 Å². The molecule has 0 aliphatic heterocycles. The van der Waals surface area contributed by atoms with Crippen LogP contribution in [0.5, 0.6) is 5.75 Å². The summed E-state index contributed by atoms with van der Waals surface area (Å²) in [6.45, 7) is 6.64. The van der Waals surface area contributed by atoms with Gasteiger partial charge in [0, 0.05) is 19.4 Å². The van der Waals surface area contributed by atoms with Crippen LogP contribution in [0.2, 0.25) is 5.02 Å². The zero-order valence-corrected chi connectivity index (χ0v) is 15.5. The quantitative estimate of drug-likeness (QED) is 0.730. The van der Waals surface area contributed by atoms with Crippen LogP contribution in [-0.4, -0.2) is 37.9 Å². The van der Waals surface area contributed by atoms with Crippen LogP contribution in [0.25, 0.3) is 0 Å². The number of hydrogen-bond donors (Lipinski definition) is 1. The zero-order chi connectivity index (χ0) is 17.7. The van der Waals surface area contributed by atoms with Gasteiger partial charge in [0.25, 0.3) is 5.91 Å². The smallest absolute Gasteiger partial charge is 0.256 e. The second-order valence-electron chi connectivity index (χ2n) is 6.30. The van der Waals surface area contributed by atoms with Gasteiger partial charge < -0.3 is 19.5 Å². The summed E-state index contributed by atoms with van der Waals surface area (Å²) in [4.78, 5) is 12.6. The first-order valence-corrected chi connectivity index (χ1v) is 8.69. The number of amides is 1. The van der Waals surface area contributed by atoms with Crippen molar-refractivity contribution in [1.82, 2.24) is 0 Å². The number of carbonyl (C=O) groups is 1. The third kappa shape index (κ3) is 4.62. The zero-order valence-electron chi connectivity index (χ0n) is 14.7. The van der Waals surface area contributed by atoms with Gasteiger partial charge in [0.2, 0.25) is 0 Å². The van der Waals surface area contributed by atoms with Crippen LogP contribution in [0.3, 0.4) is 0 Å². The fourth-order valence-corrected chi connectivity index (χ4v) is 2.94. The van der Waals surface area contributed by atoms with Crippen molar-refractivity contribution in [1.29, 1.82) is 0 Å². The Morgan fingerprint density at radius 1 is 1.46 bits per heavy atom. The molecule has 134 valence electrons. The van der Waals surface area contributed by atoms with E-state index in [1.54, 1.807) is 25.3 Å². The predicted molar refractivity (Wildman–Crippen MR) is 94.8 cm³/mol. The summed E-state index contributed by atoms with van der Waals surface area (Å²) >= 11 is 6.26. The number of rotatable bonds is 9. The summed E-state index contributed by atoms with van der Waals surface area (Å²) in [7, 11) is 1.62. The molecule has 2 rings (SSSR count). The fourth-order valence-electron chi connectivity index (χ4n) is 2.72. The maximum absolute atomic E-state index is 12.6. The van der Waals surface area contributed by atoms with Gasteiger partial charge >= 0.3 is 0 Å². The molecular weight excluding hydrogens is 330 g/mol. The molecule has 0 unspecified atom stereocenters. The van der Waals surface area contributed by atoms with Crippen molar-refractivity contribution in [2.45, 2.75) is 45.3 Å². The Morgan fingerprint density at radius 3 is 2.71 bits per heavy atom. The van der Waals surface area contributed by atoms with E-state index in [9.17, 15) is 4.79 Å². The number of halogens is 1. The van der Waals surface area contributed by atoms with Gasteiger partial charge in [0.1, 0.15) is 17.5 Å². The molecule has 0 spiro atoms. The lowest BCUT2D eigenvalue weighted by atomic mass is 9.99. The van der Waals surface area contributed by atoms with Crippen molar-refractivity contribution in [3.05, 3.63) is 23.2 Å². The van der Waals surface area contributed by atoms with Gasteiger partial charge in [-0.3, -0.25) is 4.79 Å². The average Bonchev–Trinajstić information content (AvgIpc) is 3.35. The predicted octanol–water partition coefficient (Wildman–Crippen LogP) is 3.90. The van der Waals surface area contributed by atoms with E-state index < -0.39 is 5.60 Å². The number of ether oxygens (including phenoxy) is 3. The summed E-state index contributed by atoms with van der Waals surface area (Å²) in [5, 5.41) is 3.35. The second-order valence-corrected chi connectivity index (χ2v) is 6.70. The Bertz CT molecular complexity index is 576. The number of anilines is 1. The third-order valence-corrected chi connectivity index (χ3v) is 4.47. The Morgan fingerprint density at radius 2 is 2.17 bits per heavy atom. The van der Waals surface area contributed by atoms with Gasteiger partial charge in [-0.05, 0) is 57.7 Å². The van der Waals surface area contributed by atoms with E-state index >= 15 is 0 Å². The minimum absolute atomic E-state index is 0.107. The molecule has 0 heterocycles. The number of hydrogen-bond acceptors (Lipinski definition) is 4. The lowest BCUT2D eigenvalue weighted by molar-refractivity contribution is -0.141. The first-order chi connectivity index (χ1) is 11.4. The topological polar surface area (TPSA) is 56.8 Å². The molecule has 0 aromatic heterocycles. The number of methoxy groups -OCH3 is 1. The number of nitrogens with one attached hydrogen (secondary N) is 1. The summed E-state index contributed by atoms with van der Waals surface area (Å²) in [6, 6.07) is 5.21. The summed E-state index contributed by atoms with van der Waals surface area (Å²) < 4.78 is 16.5. The molecule has 0 radical (unpaired) electrons. The molecular formula is C18H26ClNO4. The summed E-state index contributed by atoms with van der Waals surface area (Å²) in [5.41, 5.74) is -0.160. The molecule has 0 bridgehead atoms. The van der Waals surface area contributed by atoms with Crippen LogP contribution in [0.1, 0.15) is 33.6 Å². The molecule has 1 N–H and O–H groups in total. The molecule has 1 aromatic carbocycles. The molecule has 0 saturated heterocycles. The van der Waals surface area contributed by atoms with Gasteiger partial charge in [-0.15, -0.1) is 0 Å². The molecule has 1 saturated carbocycles. The summed E-state index contributed by atoms with van der Waals surface area (Å²) in [6.07, 6.45) is 1.94. The molecule has 1 aromatic rings. The largest absolute Gasteiger partial charge is 0.487 e. The lowest BCUT2D eigenvalue weighted by Crippen LogP contribution is -2.44. The third-order valence-electron chi connectivity index (χ3n) is 4.17. The van der Waals surface area contributed by atoms with Crippen LogP contribution in [0, 0.1) is 5.92 Å². The maximum Gasteiger partial charge on any atom is 0.256 e. The van der Waals surface area contributed by atoms with E-state index in [2.05, 4.69) is 5.32 Å².